The van der Waals surface area contributed by atoms with E-state index in [1.807, 2.05) is 19.1 Å². The number of rotatable bonds is 5. The summed E-state index contributed by atoms with van der Waals surface area (Å²) in [6.45, 7) is 3.12. The Bertz CT molecular complexity index is 840. The van der Waals surface area contributed by atoms with Gasteiger partial charge in [-0.2, -0.15) is 0 Å². The minimum absolute atomic E-state index is 0.0706. The lowest BCUT2D eigenvalue weighted by Gasteiger charge is -2.09. The first-order valence-electron chi connectivity index (χ1n) is 7.22. The predicted molar refractivity (Wildman–Crippen MR) is 91.6 cm³/mol. The first kappa shape index (κ1) is 17.1. The molecule has 0 bridgehead atoms. The summed E-state index contributed by atoms with van der Waals surface area (Å²) in [7, 11) is 0. The van der Waals surface area contributed by atoms with Crippen molar-refractivity contribution in [3.8, 4) is 0 Å². The summed E-state index contributed by atoms with van der Waals surface area (Å²) >= 11 is 0. The van der Waals surface area contributed by atoms with Gasteiger partial charge in [0.1, 0.15) is 0 Å². The molecule has 122 valence electrons. The zero-order valence-corrected chi connectivity index (χ0v) is 13.3. The zero-order valence-electron chi connectivity index (χ0n) is 13.3. The number of amides is 1. The summed E-state index contributed by atoms with van der Waals surface area (Å²) in [4.78, 5) is 34.5. The Balaban J connectivity index is 2.33. The van der Waals surface area contributed by atoms with Gasteiger partial charge >= 0.3 is 0 Å². The highest BCUT2D eigenvalue weighted by molar-refractivity contribution is 6.25. The second-order valence-electron chi connectivity index (χ2n) is 5.24. The average Bonchev–Trinajstić information content (AvgIpc) is 2.54. The monoisotopic (exact) mass is 324 g/mol. The van der Waals surface area contributed by atoms with E-state index >= 15 is 0 Å². The fourth-order valence-electron chi connectivity index (χ4n) is 2.12. The van der Waals surface area contributed by atoms with Gasteiger partial charge in [0.25, 0.3) is 11.6 Å². The number of benzene rings is 2. The fourth-order valence-corrected chi connectivity index (χ4v) is 2.12. The molecule has 0 radical (unpaired) electrons. The van der Waals surface area contributed by atoms with Crippen molar-refractivity contribution in [1.29, 1.82) is 0 Å². The van der Waals surface area contributed by atoms with Crippen LogP contribution in [0.4, 0.5) is 11.4 Å². The molecule has 2 rings (SSSR count). The molecule has 0 aliphatic heterocycles. The molecule has 0 unspecified atom stereocenters. The fraction of sp³-hybridized carbons (Fsp3) is 0.111. The standard InChI is InChI=1S/C18H16N2O4/c1-12-6-3-4-9-17(12)19-18(22)16(13(2)21)11-14-7-5-8-15(10-14)20(23)24/h3-11H,1-2H3,(H,19,22)/b16-11-. The molecule has 6 nitrogen and oxygen atoms in total. The van der Waals surface area contributed by atoms with Gasteiger partial charge in [0.2, 0.25) is 0 Å². The van der Waals surface area contributed by atoms with E-state index in [0.717, 1.165) is 5.56 Å². The van der Waals surface area contributed by atoms with Gasteiger partial charge in [0, 0.05) is 17.8 Å². The van der Waals surface area contributed by atoms with Crippen LogP contribution < -0.4 is 5.32 Å². The topological polar surface area (TPSA) is 89.3 Å². The Morgan fingerprint density at radius 1 is 1.12 bits per heavy atom. The predicted octanol–water partition coefficient (Wildman–Crippen LogP) is 3.51. The molecule has 0 aliphatic rings. The number of para-hydroxylation sites is 1. The maximum Gasteiger partial charge on any atom is 0.270 e. The number of hydrogen-bond acceptors (Lipinski definition) is 4. The zero-order chi connectivity index (χ0) is 17.7. The van der Waals surface area contributed by atoms with Gasteiger partial charge in [-0.15, -0.1) is 0 Å². The van der Waals surface area contributed by atoms with E-state index in [9.17, 15) is 19.7 Å². The third-order valence-electron chi connectivity index (χ3n) is 3.41. The number of non-ortho nitro benzene ring substituents is 1. The van der Waals surface area contributed by atoms with E-state index < -0.39 is 16.6 Å². The number of carbonyl (C=O) groups is 2. The third kappa shape index (κ3) is 4.13. The molecule has 2 aromatic carbocycles. The SMILES string of the molecule is CC(=O)/C(=C/c1cccc([N+](=O)[O-])c1)C(=O)Nc1ccccc1C. The van der Waals surface area contributed by atoms with Crippen LogP contribution in [0.25, 0.3) is 6.08 Å². The van der Waals surface area contributed by atoms with Crippen molar-refractivity contribution in [3.63, 3.8) is 0 Å². The lowest BCUT2D eigenvalue weighted by atomic mass is 10.1. The molecule has 1 N–H and O–H groups in total. The van der Waals surface area contributed by atoms with Crippen LogP contribution in [0.5, 0.6) is 0 Å². The summed E-state index contributed by atoms with van der Waals surface area (Å²) in [6.07, 6.45) is 1.35. The van der Waals surface area contributed by atoms with Gasteiger partial charge < -0.3 is 5.32 Å². The van der Waals surface area contributed by atoms with Crippen molar-refractivity contribution in [2.75, 3.05) is 5.32 Å². The van der Waals surface area contributed by atoms with Crippen molar-refractivity contribution in [3.05, 3.63) is 75.3 Å². The number of carbonyl (C=O) groups excluding carboxylic acids is 2. The van der Waals surface area contributed by atoms with Crippen LogP contribution in [0.1, 0.15) is 18.1 Å². The molecular formula is C18H16N2O4. The maximum atomic E-state index is 12.4. The molecule has 0 atom stereocenters. The minimum atomic E-state index is -0.552. The molecule has 0 saturated carbocycles. The number of anilines is 1. The van der Waals surface area contributed by atoms with Gasteiger partial charge in [-0.1, -0.05) is 30.3 Å². The van der Waals surface area contributed by atoms with E-state index in [1.54, 1.807) is 18.2 Å². The Morgan fingerprint density at radius 3 is 2.46 bits per heavy atom. The second-order valence-corrected chi connectivity index (χ2v) is 5.24. The molecule has 0 heterocycles. The molecule has 0 aliphatic carbocycles. The van der Waals surface area contributed by atoms with Gasteiger partial charge in [0.05, 0.1) is 10.5 Å². The lowest BCUT2D eigenvalue weighted by Crippen LogP contribution is -2.19. The van der Waals surface area contributed by atoms with Crippen LogP contribution in [0, 0.1) is 17.0 Å². The maximum absolute atomic E-state index is 12.4. The molecule has 24 heavy (non-hydrogen) atoms. The number of nitro groups is 1. The van der Waals surface area contributed by atoms with Crippen LogP contribution >= 0.6 is 0 Å². The van der Waals surface area contributed by atoms with E-state index in [-0.39, 0.29) is 11.3 Å². The van der Waals surface area contributed by atoms with Gasteiger partial charge in [0.15, 0.2) is 5.78 Å². The van der Waals surface area contributed by atoms with Crippen LogP contribution in [-0.4, -0.2) is 16.6 Å². The molecular weight excluding hydrogens is 308 g/mol. The summed E-state index contributed by atoms with van der Waals surface area (Å²) < 4.78 is 0. The van der Waals surface area contributed by atoms with Crippen molar-refractivity contribution < 1.29 is 14.5 Å². The van der Waals surface area contributed by atoms with Crippen LogP contribution in [-0.2, 0) is 9.59 Å². The highest BCUT2D eigenvalue weighted by Crippen LogP contribution is 2.18. The summed E-state index contributed by atoms with van der Waals surface area (Å²) in [5.74, 6) is -0.976. The van der Waals surface area contributed by atoms with E-state index in [2.05, 4.69) is 5.32 Å². The molecule has 1 amide bonds. The molecule has 0 aromatic heterocycles. The first-order valence-corrected chi connectivity index (χ1v) is 7.22. The van der Waals surface area contributed by atoms with E-state index in [4.69, 9.17) is 0 Å². The van der Waals surface area contributed by atoms with Gasteiger partial charge in [-0.3, -0.25) is 19.7 Å². The Morgan fingerprint density at radius 2 is 1.83 bits per heavy atom. The number of nitro benzene ring substituents is 1. The largest absolute Gasteiger partial charge is 0.322 e. The van der Waals surface area contributed by atoms with Gasteiger partial charge in [-0.25, -0.2) is 0 Å². The van der Waals surface area contributed by atoms with E-state index in [1.165, 1.54) is 31.2 Å². The van der Waals surface area contributed by atoms with E-state index in [0.29, 0.717) is 11.3 Å². The Hall–Kier alpha value is -3.28. The molecule has 2 aromatic rings. The number of Topliss-reactive ketones (excluding diaryl/α,β-unsaturated/α-hetero) is 1. The van der Waals surface area contributed by atoms with Crippen LogP contribution in [0.15, 0.2) is 54.1 Å². The molecule has 0 saturated heterocycles. The number of aryl methyl sites for hydroxylation is 1. The normalized spacial score (nSPS) is 11.0. The van der Waals surface area contributed by atoms with Crippen molar-refractivity contribution in [1.82, 2.24) is 0 Å². The Labute approximate surface area is 139 Å². The number of hydrogen-bond donors (Lipinski definition) is 1. The molecule has 0 spiro atoms. The Kier molecular flexibility index (Phi) is 5.21. The van der Waals surface area contributed by atoms with Gasteiger partial charge in [-0.05, 0) is 37.1 Å². The summed E-state index contributed by atoms with van der Waals surface area (Å²) in [6, 6.07) is 12.9. The quantitative estimate of drug-likeness (QED) is 0.300. The highest BCUT2D eigenvalue weighted by atomic mass is 16.6. The van der Waals surface area contributed by atoms with Crippen molar-refractivity contribution >= 4 is 29.1 Å². The van der Waals surface area contributed by atoms with Crippen LogP contribution in [0.3, 0.4) is 0 Å². The first-order chi connectivity index (χ1) is 11.4. The number of ketones is 1. The molecule has 6 heteroatoms. The average molecular weight is 324 g/mol. The number of nitrogens with zero attached hydrogens (tertiary/aromatic N) is 1. The second kappa shape index (κ2) is 7.32. The summed E-state index contributed by atoms with van der Waals surface area (Å²) in [5.41, 5.74) is 1.71. The lowest BCUT2D eigenvalue weighted by molar-refractivity contribution is -0.384. The molecule has 0 fully saturated rings. The minimum Gasteiger partial charge on any atom is -0.322 e. The highest BCUT2D eigenvalue weighted by Gasteiger charge is 2.16. The van der Waals surface area contributed by atoms with Crippen molar-refractivity contribution in [2.24, 2.45) is 0 Å². The number of nitrogens with one attached hydrogen (secondary N) is 1. The van der Waals surface area contributed by atoms with Crippen LogP contribution in [0.2, 0.25) is 0 Å². The third-order valence-corrected chi connectivity index (χ3v) is 3.41. The summed E-state index contributed by atoms with van der Waals surface area (Å²) in [5, 5.41) is 13.5. The smallest absolute Gasteiger partial charge is 0.270 e. The van der Waals surface area contributed by atoms with Crippen molar-refractivity contribution in [2.45, 2.75) is 13.8 Å².